The SMILES string of the molecule is C=C/C=C\C(=C\N1c2cc(-c3c4ccccc4c(-c4ccccc4)c4ccccc34)ccc2B2c3ccc(-c4c5ccccc5c(-c5ccccc5)c5ccccc45)cc3N(c3ccccc3C3=C/C=C\C=C/C=C=C/C=C\3)c3cc(N(c4ccccc4)c4ccccc4)cc1c32)c1cccc(C(=C)/C=C\C=C/C)c1. The van der Waals surface area contributed by atoms with Gasteiger partial charge in [0.25, 0.3) is 6.71 Å². The summed E-state index contributed by atoms with van der Waals surface area (Å²) in [6.45, 7) is 10.6. The minimum absolute atomic E-state index is 0.300. The van der Waals surface area contributed by atoms with Gasteiger partial charge in [0.1, 0.15) is 0 Å². The molecule has 0 bridgehead atoms. The first-order chi connectivity index (χ1) is 54.5. The summed E-state index contributed by atoms with van der Waals surface area (Å²) in [6, 6.07) is 117. The Morgan fingerprint density at radius 1 is 0.382 bits per heavy atom. The number of hydrogen-bond donors (Lipinski definition) is 0. The van der Waals surface area contributed by atoms with E-state index in [4.69, 9.17) is 0 Å². The van der Waals surface area contributed by atoms with E-state index in [1.54, 1.807) is 0 Å². The van der Waals surface area contributed by atoms with E-state index in [1.165, 1.54) is 92.9 Å². The van der Waals surface area contributed by atoms with Crippen LogP contribution in [0.1, 0.15) is 23.6 Å². The summed E-state index contributed by atoms with van der Waals surface area (Å²) in [4.78, 5) is 7.55. The van der Waals surface area contributed by atoms with Crippen molar-refractivity contribution in [2.24, 2.45) is 0 Å². The molecule has 3 nitrogen and oxygen atoms in total. The van der Waals surface area contributed by atoms with Crippen LogP contribution in [-0.2, 0) is 0 Å². The lowest BCUT2D eigenvalue weighted by molar-refractivity contribution is 1.22. The fourth-order valence-corrected chi connectivity index (χ4v) is 16.8. The lowest BCUT2D eigenvalue weighted by atomic mass is 9.33. The van der Waals surface area contributed by atoms with Crippen LogP contribution in [0.5, 0.6) is 0 Å². The van der Waals surface area contributed by atoms with Gasteiger partial charge in [0.05, 0.1) is 11.4 Å². The molecular weight excluding hydrogens is 1330 g/mol. The minimum Gasteiger partial charge on any atom is -0.317 e. The van der Waals surface area contributed by atoms with Crippen molar-refractivity contribution in [1.29, 1.82) is 0 Å². The normalized spacial score (nSPS) is 14.5. The molecule has 110 heavy (non-hydrogen) atoms. The molecule has 0 radical (unpaired) electrons. The fraction of sp³-hybridized carbons (Fsp3) is 0.00943. The van der Waals surface area contributed by atoms with Gasteiger partial charge in [-0.2, -0.15) is 0 Å². The first kappa shape index (κ1) is 67.6. The molecule has 0 N–H and O–H groups in total. The Hall–Kier alpha value is -14.3. The third-order valence-corrected chi connectivity index (χ3v) is 21.5. The van der Waals surface area contributed by atoms with Crippen molar-refractivity contribution in [3.05, 3.63) is 454 Å². The van der Waals surface area contributed by atoms with Gasteiger partial charge >= 0.3 is 0 Å². The molecule has 2 aliphatic heterocycles. The Morgan fingerprint density at radius 2 is 0.864 bits per heavy atom. The molecule has 18 rings (SSSR count). The fourth-order valence-electron chi connectivity index (χ4n) is 16.8. The second-order valence-corrected chi connectivity index (χ2v) is 27.9. The predicted octanol–water partition coefficient (Wildman–Crippen LogP) is 26.9. The molecule has 3 aliphatic rings. The number of para-hydroxylation sites is 3. The summed E-state index contributed by atoms with van der Waals surface area (Å²) in [5, 5.41) is 9.53. The zero-order chi connectivity index (χ0) is 73.9. The van der Waals surface area contributed by atoms with Crippen LogP contribution in [0.3, 0.4) is 0 Å². The summed E-state index contributed by atoms with van der Waals surface area (Å²) in [6.07, 6.45) is 35.5. The molecule has 0 unspecified atom stereocenters. The van der Waals surface area contributed by atoms with Gasteiger partial charge in [-0.3, -0.25) is 0 Å². The van der Waals surface area contributed by atoms with E-state index < -0.39 is 0 Å². The van der Waals surface area contributed by atoms with Crippen molar-refractivity contribution in [3.63, 3.8) is 0 Å². The molecule has 2 heterocycles. The second kappa shape index (κ2) is 29.9. The van der Waals surface area contributed by atoms with Crippen LogP contribution in [0.4, 0.5) is 45.5 Å². The smallest absolute Gasteiger partial charge is 0.252 e. The zero-order valence-electron chi connectivity index (χ0n) is 61.2. The second-order valence-electron chi connectivity index (χ2n) is 27.9. The first-order valence-corrected chi connectivity index (χ1v) is 37.8. The topological polar surface area (TPSA) is 9.72 Å². The number of allylic oxidation sites excluding steroid dienone is 18. The maximum absolute atomic E-state index is 4.61. The quantitative estimate of drug-likeness (QED) is 0.0413. The lowest BCUT2D eigenvalue weighted by Crippen LogP contribution is -2.61. The monoisotopic (exact) mass is 1400 g/mol. The van der Waals surface area contributed by atoms with E-state index in [9.17, 15) is 0 Å². The number of fused-ring (bicyclic) bond motifs is 8. The number of hydrogen-bond acceptors (Lipinski definition) is 3. The van der Waals surface area contributed by atoms with Crippen molar-refractivity contribution >= 4 is 128 Å². The Morgan fingerprint density at radius 3 is 1.43 bits per heavy atom. The lowest BCUT2D eigenvalue weighted by Gasteiger charge is -2.45. The number of anilines is 8. The van der Waals surface area contributed by atoms with E-state index in [1.807, 2.05) is 43.4 Å². The highest BCUT2D eigenvalue weighted by Gasteiger charge is 2.45. The average molecular weight is 1400 g/mol. The van der Waals surface area contributed by atoms with Crippen LogP contribution in [0.25, 0.3) is 104 Å². The van der Waals surface area contributed by atoms with Gasteiger partial charge < -0.3 is 14.7 Å². The Kier molecular flexibility index (Phi) is 18.4. The summed E-state index contributed by atoms with van der Waals surface area (Å²) in [5.74, 6) is 0. The molecular formula is C106H76BN3. The van der Waals surface area contributed by atoms with E-state index in [2.05, 4.69) is 416 Å². The van der Waals surface area contributed by atoms with Crippen molar-refractivity contribution in [2.45, 2.75) is 6.92 Å². The summed E-state index contributed by atoms with van der Waals surface area (Å²) in [7, 11) is 0. The number of rotatable bonds is 16. The van der Waals surface area contributed by atoms with Crippen LogP contribution < -0.4 is 31.1 Å². The van der Waals surface area contributed by atoms with Gasteiger partial charge in [0.2, 0.25) is 0 Å². The Bertz CT molecular complexity index is 6340. The summed E-state index contributed by atoms with van der Waals surface area (Å²) in [5.41, 5.74) is 30.6. The molecule has 15 aromatic rings. The van der Waals surface area contributed by atoms with E-state index in [-0.39, 0.29) is 6.71 Å². The average Bonchev–Trinajstić information content (AvgIpc) is 0.693. The molecule has 1 aliphatic carbocycles. The molecule has 0 fully saturated rings. The highest BCUT2D eigenvalue weighted by molar-refractivity contribution is 7.00. The highest BCUT2D eigenvalue weighted by Crippen LogP contribution is 2.52. The predicted molar refractivity (Wildman–Crippen MR) is 476 cm³/mol. The van der Waals surface area contributed by atoms with E-state index in [0.717, 1.165) is 90.0 Å². The first-order valence-electron chi connectivity index (χ1n) is 37.8. The third kappa shape index (κ3) is 12.4. The van der Waals surface area contributed by atoms with Crippen molar-refractivity contribution < 1.29 is 0 Å². The van der Waals surface area contributed by atoms with E-state index in [0.29, 0.717) is 0 Å². The van der Waals surface area contributed by atoms with E-state index >= 15 is 0 Å². The van der Waals surface area contributed by atoms with Crippen molar-refractivity contribution in [2.75, 3.05) is 14.7 Å². The third-order valence-electron chi connectivity index (χ3n) is 21.5. The Labute approximate surface area is 644 Å². The zero-order valence-corrected chi connectivity index (χ0v) is 61.2. The molecule has 0 saturated heterocycles. The van der Waals surface area contributed by atoms with Crippen LogP contribution in [-0.4, -0.2) is 6.71 Å². The highest BCUT2D eigenvalue weighted by atomic mass is 15.2. The number of nitrogens with zero attached hydrogens (tertiary/aromatic N) is 3. The molecule has 15 aromatic carbocycles. The van der Waals surface area contributed by atoms with Gasteiger partial charge in [-0.25, -0.2) is 0 Å². The van der Waals surface area contributed by atoms with Crippen LogP contribution in [0, 0.1) is 0 Å². The standard InChI is InChI=1S/C106H76BN3/c1-4-6-18-40-74(3)78-48-39-49-79(68-78)82(41-7-5-2)73-108-98-69-80(104-91-59-33-29-55-87(91)102(76-44-21-14-22-45-76)88-56-30-34-60-92(88)104)64-66-95(98)107-96-67-65-81(105-93-61-35-31-57-89(93)103(77-46-23-15-24-47-77)90-58-32-36-62-94(90)105)70-99(96)110(97-63-38-37-54-86(97)75-42-19-12-10-8-9-11-13-20-43-75)101-72-85(71-100(108)106(101)107)109(83-50-25-16-26-51-83)84-52-27-17-28-53-84/h4-10,12-73H,2-3H2,1H3/b6-4-,10-8-,19-12-,40-18-,41-7-,43-20-,75-42+,82-73-. The molecule has 0 atom stereocenters. The molecule has 0 spiro atoms. The maximum Gasteiger partial charge on any atom is 0.252 e. The van der Waals surface area contributed by atoms with Crippen molar-refractivity contribution in [3.8, 4) is 44.5 Å². The Balaban J connectivity index is 0.989. The molecule has 4 heteroatoms. The molecule has 0 amide bonds. The van der Waals surface area contributed by atoms with Gasteiger partial charge in [0.15, 0.2) is 0 Å². The summed E-state index contributed by atoms with van der Waals surface area (Å²) < 4.78 is 0. The number of benzene rings is 15. The maximum atomic E-state index is 4.61. The molecule has 0 aromatic heterocycles. The summed E-state index contributed by atoms with van der Waals surface area (Å²) >= 11 is 0. The van der Waals surface area contributed by atoms with Gasteiger partial charge in [-0.1, -0.05) is 353 Å². The van der Waals surface area contributed by atoms with Crippen LogP contribution in [0.2, 0.25) is 0 Å². The molecule has 0 saturated carbocycles. The molecule has 518 valence electrons. The largest absolute Gasteiger partial charge is 0.317 e. The van der Waals surface area contributed by atoms with Crippen LogP contribution >= 0.6 is 0 Å². The van der Waals surface area contributed by atoms with Gasteiger partial charge in [0, 0.05) is 45.9 Å². The van der Waals surface area contributed by atoms with Crippen LogP contribution in [0.15, 0.2) is 438 Å². The van der Waals surface area contributed by atoms with Gasteiger partial charge in [-0.05, 0) is 212 Å². The minimum atomic E-state index is -0.300. The van der Waals surface area contributed by atoms with Gasteiger partial charge in [-0.15, -0.1) is 5.73 Å². The van der Waals surface area contributed by atoms with Crippen molar-refractivity contribution in [1.82, 2.24) is 0 Å².